The van der Waals surface area contributed by atoms with E-state index in [9.17, 15) is 14.7 Å². The van der Waals surface area contributed by atoms with Gasteiger partial charge in [-0.15, -0.1) is 0 Å². The van der Waals surface area contributed by atoms with Gasteiger partial charge in [0, 0.05) is 0 Å². The van der Waals surface area contributed by atoms with Crippen LogP contribution in [0.5, 0.6) is 17.2 Å². The highest BCUT2D eigenvalue weighted by Gasteiger charge is 2.46. The molecule has 1 aliphatic carbocycles. The number of ether oxygens (including phenoxy) is 3. The molecule has 134 valence electrons. The first-order valence-corrected chi connectivity index (χ1v) is 8.57. The quantitative estimate of drug-likeness (QED) is 0.516. The van der Waals surface area contributed by atoms with Crippen LogP contribution < -0.4 is 9.47 Å². The number of aromatic hydroxyl groups is 1. The standard InChI is InChI=1S/C20H18O6/c21-14-4-8-16(9-5-14)24-19(22)12-1-6-15(7-2-12)25-20(23)13-3-10-17-18(11-13)26-17/h1-2,4-9,13,17-18,21H,3,10-11H2. The molecule has 3 atom stereocenters. The van der Waals surface area contributed by atoms with Gasteiger partial charge in [0.25, 0.3) is 0 Å². The summed E-state index contributed by atoms with van der Waals surface area (Å²) in [4.78, 5) is 24.3. The molecular formula is C20H18O6. The number of carbonyl (C=O) groups excluding carboxylic acids is 2. The van der Waals surface area contributed by atoms with Crippen LogP contribution in [0.1, 0.15) is 29.6 Å². The molecule has 0 radical (unpaired) electrons. The second kappa shape index (κ2) is 6.80. The highest BCUT2D eigenvalue weighted by molar-refractivity contribution is 5.91. The summed E-state index contributed by atoms with van der Waals surface area (Å²) in [5.41, 5.74) is 0.338. The number of rotatable bonds is 4. The zero-order valence-electron chi connectivity index (χ0n) is 14.0. The predicted octanol–water partition coefficient (Wildman–Crippen LogP) is 3.08. The van der Waals surface area contributed by atoms with Crippen molar-refractivity contribution in [1.82, 2.24) is 0 Å². The highest BCUT2D eigenvalue weighted by Crippen LogP contribution is 2.39. The predicted molar refractivity (Wildman–Crippen MR) is 91.1 cm³/mol. The summed E-state index contributed by atoms with van der Waals surface area (Å²) in [6.45, 7) is 0. The van der Waals surface area contributed by atoms with Crippen LogP contribution >= 0.6 is 0 Å². The molecule has 1 aliphatic heterocycles. The largest absolute Gasteiger partial charge is 0.508 e. The second-order valence-corrected chi connectivity index (χ2v) is 6.55. The van der Waals surface area contributed by atoms with Crippen molar-refractivity contribution in [2.45, 2.75) is 31.5 Å². The second-order valence-electron chi connectivity index (χ2n) is 6.55. The van der Waals surface area contributed by atoms with Gasteiger partial charge in [0.05, 0.1) is 23.7 Å². The minimum atomic E-state index is -0.530. The molecule has 1 N–H and O–H groups in total. The van der Waals surface area contributed by atoms with Gasteiger partial charge in [-0.05, 0) is 67.8 Å². The van der Waals surface area contributed by atoms with Crippen LogP contribution in [0.15, 0.2) is 48.5 Å². The fraction of sp³-hybridized carbons (Fsp3) is 0.300. The summed E-state index contributed by atoms with van der Waals surface area (Å²) in [5.74, 6) is -0.0806. The fourth-order valence-electron chi connectivity index (χ4n) is 3.16. The summed E-state index contributed by atoms with van der Waals surface area (Å²) >= 11 is 0. The number of carbonyl (C=O) groups is 2. The van der Waals surface area contributed by atoms with E-state index in [4.69, 9.17) is 14.2 Å². The third kappa shape index (κ3) is 3.70. The lowest BCUT2D eigenvalue weighted by Gasteiger charge is -2.17. The molecule has 0 spiro atoms. The first-order chi connectivity index (χ1) is 12.6. The topological polar surface area (TPSA) is 85.4 Å². The third-order valence-corrected chi connectivity index (χ3v) is 4.69. The van der Waals surface area contributed by atoms with Crippen molar-refractivity contribution < 1.29 is 28.9 Å². The number of epoxide rings is 1. The Labute approximate surface area is 150 Å². The molecule has 4 rings (SSSR count). The maximum Gasteiger partial charge on any atom is 0.343 e. The number of esters is 2. The van der Waals surface area contributed by atoms with Gasteiger partial charge in [0.1, 0.15) is 17.2 Å². The molecule has 6 nitrogen and oxygen atoms in total. The molecule has 6 heteroatoms. The van der Waals surface area contributed by atoms with Gasteiger partial charge in [-0.2, -0.15) is 0 Å². The Bertz CT molecular complexity index is 811. The minimum Gasteiger partial charge on any atom is -0.508 e. The van der Waals surface area contributed by atoms with Crippen LogP contribution in [-0.4, -0.2) is 29.3 Å². The fourth-order valence-corrected chi connectivity index (χ4v) is 3.16. The van der Waals surface area contributed by atoms with Gasteiger partial charge >= 0.3 is 11.9 Å². The van der Waals surface area contributed by atoms with Crippen LogP contribution in [0.2, 0.25) is 0 Å². The molecule has 2 fully saturated rings. The highest BCUT2D eigenvalue weighted by atomic mass is 16.6. The van der Waals surface area contributed by atoms with E-state index in [-0.39, 0.29) is 23.7 Å². The lowest BCUT2D eigenvalue weighted by molar-refractivity contribution is -0.139. The monoisotopic (exact) mass is 354 g/mol. The third-order valence-electron chi connectivity index (χ3n) is 4.69. The van der Waals surface area contributed by atoms with Gasteiger partial charge in [-0.25, -0.2) is 4.79 Å². The van der Waals surface area contributed by atoms with Crippen LogP contribution in [0.4, 0.5) is 0 Å². The molecular weight excluding hydrogens is 336 g/mol. The molecule has 2 aromatic carbocycles. The van der Waals surface area contributed by atoms with Crippen molar-refractivity contribution in [3.05, 3.63) is 54.1 Å². The number of benzene rings is 2. The van der Waals surface area contributed by atoms with Gasteiger partial charge in [-0.3, -0.25) is 4.79 Å². The number of phenolic OH excluding ortho intramolecular Hbond substituents is 1. The molecule has 26 heavy (non-hydrogen) atoms. The zero-order valence-corrected chi connectivity index (χ0v) is 14.0. The van der Waals surface area contributed by atoms with Gasteiger partial charge in [0.2, 0.25) is 0 Å². The van der Waals surface area contributed by atoms with Gasteiger partial charge in [0.15, 0.2) is 0 Å². The molecule has 0 bridgehead atoms. The van der Waals surface area contributed by atoms with Crippen molar-refractivity contribution in [2.24, 2.45) is 5.92 Å². The summed E-state index contributed by atoms with van der Waals surface area (Å²) in [5, 5.41) is 9.23. The smallest absolute Gasteiger partial charge is 0.343 e. The Morgan fingerprint density at radius 3 is 2.23 bits per heavy atom. The normalized spacial score (nSPS) is 23.6. The van der Waals surface area contributed by atoms with E-state index in [1.807, 2.05) is 0 Å². The maximum atomic E-state index is 12.2. The average Bonchev–Trinajstić information content (AvgIpc) is 3.43. The van der Waals surface area contributed by atoms with Crippen LogP contribution in [-0.2, 0) is 9.53 Å². The van der Waals surface area contributed by atoms with Crippen LogP contribution in [0.3, 0.4) is 0 Å². The average molecular weight is 354 g/mol. The van der Waals surface area contributed by atoms with Crippen LogP contribution in [0, 0.1) is 5.92 Å². The molecule has 2 aromatic rings. The Morgan fingerprint density at radius 1 is 0.885 bits per heavy atom. The van der Waals surface area contributed by atoms with Crippen molar-refractivity contribution in [3.63, 3.8) is 0 Å². The van der Waals surface area contributed by atoms with Crippen LogP contribution in [0.25, 0.3) is 0 Å². The van der Waals surface area contributed by atoms with Crippen molar-refractivity contribution in [1.29, 1.82) is 0 Å². The van der Waals surface area contributed by atoms with Gasteiger partial charge < -0.3 is 19.3 Å². The van der Waals surface area contributed by atoms with E-state index in [1.165, 1.54) is 24.3 Å². The maximum absolute atomic E-state index is 12.2. The number of fused-ring (bicyclic) bond motifs is 1. The van der Waals surface area contributed by atoms with E-state index < -0.39 is 5.97 Å². The van der Waals surface area contributed by atoms with E-state index >= 15 is 0 Å². The van der Waals surface area contributed by atoms with E-state index in [2.05, 4.69) is 0 Å². The summed E-state index contributed by atoms with van der Waals surface area (Å²) in [7, 11) is 0. The minimum absolute atomic E-state index is 0.0951. The summed E-state index contributed by atoms with van der Waals surface area (Å²) in [6.07, 6.45) is 2.99. The molecule has 1 heterocycles. The Kier molecular flexibility index (Phi) is 4.34. The van der Waals surface area contributed by atoms with Crippen molar-refractivity contribution in [2.75, 3.05) is 0 Å². The first-order valence-electron chi connectivity index (χ1n) is 8.57. The SMILES string of the molecule is O=C(Oc1ccc(O)cc1)c1ccc(OC(=O)C2CCC3OC3C2)cc1. The Hall–Kier alpha value is -2.86. The van der Waals surface area contributed by atoms with E-state index in [0.717, 1.165) is 19.3 Å². The molecule has 1 saturated carbocycles. The Morgan fingerprint density at radius 2 is 1.54 bits per heavy atom. The van der Waals surface area contributed by atoms with Crippen molar-refractivity contribution in [3.8, 4) is 17.2 Å². The van der Waals surface area contributed by atoms with E-state index in [1.54, 1.807) is 24.3 Å². The lowest BCUT2D eigenvalue weighted by atomic mass is 9.89. The number of phenols is 1. The molecule has 0 amide bonds. The molecule has 2 aliphatic rings. The Balaban J connectivity index is 1.34. The first kappa shape index (κ1) is 16.6. The summed E-state index contributed by atoms with van der Waals surface area (Å²) in [6, 6.07) is 12.1. The lowest BCUT2D eigenvalue weighted by Crippen LogP contribution is -2.25. The number of hydrogen-bond donors (Lipinski definition) is 1. The number of hydrogen-bond acceptors (Lipinski definition) is 6. The zero-order chi connectivity index (χ0) is 18.1. The summed E-state index contributed by atoms with van der Waals surface area (Å²) < 4.78 is 16.1. The molecule has 1 saturated heterocycles. The molecule has 0 aromatic heterocycles. The van der Waals surface area contributed by atoms with E-state index in [0.29, 0.717) is 23.2 Å². The molecule has 3 unspecified atom stereocenters. The van der Waals surface area contributed by atoms with Crippen molar-refractivity contribution >= 4 is 11.9 Å². The van der Waals surface area contributed by atoms with Gasteiger partial charge in [-0.1, -0.05) is 0 Å².